The zero-order valence-corrected chi connectivity index (χ0v) is 9.75. The standard InChI is InChI=1S/C12H22O3/c1-3-4-5-6-7-11(8-9-13)10(2)12(14)15/h13H,3-9H2,1-2H3,(H,14,15). The summed E-state index contributed by atoms with van der Waals surface area (Å²) in [6.45, 7) is 3.80. The summed E-state index contributed by atoms with van der Waals surface area (Å²) in [7, 11) is 0. The second kappa shape index (κ2) is 8.48. The number of hydrogen-bond donors (Lipinski definition) is 2. The van der Waals surface area contributed by atoms with Crippen LogP contribution in [-0.4, -0.2) is 22.8 Å². The van der Waals surface area contributed by atoms with Crippen LogP contribution in [0.5, 0.6) is 0 Å². The molecular formula is C12H22O3. The van der Waals surface area contributed by atoms with E-state index in [2.05, 4.69) is 6.92 Å². The summed E-state index contributed by atoms with van der Waals surface area (Å²) >= 11 is 0. The van der Waals surface area contributed by atoms with Gasteiger partial charge in [0.1, 0.15) is 0 Å². The van der Waals surface area contributed by atoms with Gasteiger partial charge in [-0.25, -0.2) is 4.79 Å². The molecule has 0 unspecified atom stereocenters. The minimum Gasteiger partial charge on any atom is -0.478 e. The predicted molar refractivity (Wildman–Crippen MR) is 60.8 cm³/mol. The van der Waals surface area contributed by atoms with Crippen molar-refractivity contribution in [3.63, 3.8) is 0 Å². The number of rotatable bonds is 8. The maximum Gasteiger partial charge on any atom is 0.331 e. The molecule has 3 nitrogen and oxygen atoms in total. The second-order valence-electron chi connectivity index (χ2n) is 3.82. The maximum absolute atomic E-state index is 10.8. The molecule has 2 N–H and O–H groups in total. The molecule has 0 radical (unpaired) electrons. The molecule has 0 saturated carbocycles. The van der Waals surface area contributed by atoms with Gasteiger partial charge >= 0.3 is 5.97 Å². The van der Waals surface area contributed by atoms with Crippen molar-refractivity contribution in [1.29, 1.82) is 0 Å². The quantitative estimate of drug-likeness (QED) is 0.482. The number of carboxylic acids is 1. The van der Waals surface area contributed by atoms with Crippen molar-refractivity contribution in [1.82, 2.24) is 0 Å². The van der Waals surface area contributed by atoms with Gasteiger partial charge in [-0.2, -0.15) is 0 Å². The molecule has 3 heteroatoms. The van der Waals surface area contributed by atoms with Crippen LogP contribution in [0.3, 0.4) is 0 Å². The van der Waals surface area contributed by atoms with Crippen molar-refractivity contribution in [2.24, 2.45) is 0 Å². The van der Waals surface area contributed by atoms with Gasteiger partial charge in [0.2, 0.25) is 0 Å². The average molecular weight is 214 g/mol. The van der Waals surface area contributed by atoms with Gasteiger partial charge in [-0.15, -0.1) is 0 Å². The molecule has 0 aromatic heterocycles. The number of unbranched alkanes of at least 4 members (excludes halogenated alkanes) is 3. The largest absolute Gasteiger partial charge is 0.478 e. The first-order valence-corrected chi connectivity index (χ1v) is 5.66. The minimum absolute atomic E-state index is 0.0354. The summed E-state index contributed by atoms with van der Waals surface area (Å²) in [4.78, 5) is 10.8. The minimum atomic E-state index is -0.867. The molecule has 0 bridgehead atoms. The van der Waals surface area contributed by atoms with Crippen molar-refractivity contribution in [3.05, 3.63) is 11.1 Å². The molecule has 0 aromatic rings. The number of carboxylic acid groups (broad SMARTS) is 1. The van der Waals surface area contributed by atoms with E-state index in [0.29, 0.717) is 12.0 Å². The van der Waals surface area contributed by atoms with E-state index in [1.54, 1.807) is 6.92 Å². The van der Waals surface area contributed by atoms with E-state index in [4.69, 9.17) is 10.2 Å². The number of aliphatic hydroxyl groups is 1. The fraction of sp³-hybridized carbons (Fsp3) is 0.750. The Labute approximate surface area is 91.8 Å². The van der Waals surface area contributed by atoms with Gasteiger partial charge in [0.15, 0.2) is 0 Å². The molecule has 0 aromatic carbocycles. The Bertz CT molecular complexity index is 219. The van der Waals surface area contributed by atoms with Crippen LogP contribution in [0.2, 0.25) is 0 Å². The Morgan fingerprint density at radius 3 is 2.27 bits per heavy atom. The van der Waals surface area contributed by atoms with Crippen molar-refractivity contribution in [3.8, 4) is 0 Å². The average Bonchev–Trinajstić information content (AvgIpc) is 2.21. The smallest absolute Gasteiger partial charge is 0.331 e. The zero-order chi connectivity index (χ0) is 11.7. The van der Waals surface area contributed by atoms with Crippen LogP contribution in [0.1, 0.15) is 52.4 Å². The van der Waals surface area contributed by atoms with Crippen LogP contribution in [0.4, 0.5) is 0 Å². The number of aliphatic carboxylic acids is 1. The molecule has 0 atom stereocenters. The van der Waals surface area contributed by atoms with Crippen molar-refractivity contribution in [2.45, 2.75) is 52.4 Å². The highest BCUT2D eigenvalue weighted by molar-refractivity contribution is 5.86. The lowest BCUT2D eigenvalue weighted by molar-refractivity contribution is -0.132. The van der Waals surface area contributed by atoms with E-state index >= 15 is 0 Å². The fourth-order valence-corrected chi connectivity index (χ4v) is 1.55. The summed E-state index contributed by atoms with van der Waals surface area (Å²) in [6.07, 6.45) is 5.82. The molecule has 0 aliphatic carbocycles. The molecule has 0 aliphatic rings. The topological polar surface area (TPSA) is 57.5 Å². The van der Waals surface area contributed by atoms with Gasteiger partial charge in [-0.1, -0.05) is 31.8 Å². The van der Waals surface area contributed by atoms with E-state index in [-0.39, 0.29) is 6.61 Å². The van der Waals surface area contributed by atoms with E-state index in [9.17, 15) is 4.79 Å². The summed E-state index contributed by atoms with van der Waals surface area (Å²) in [5.41, 5.74) is 1.29. The Balaban J connectivity index is 4.15. The third-order valence-electron chi connectivity index (χ3n) is 2.60. The van der Waals surface area contributed by atoms with Crippen molar-refractivity contribution < 1.29 is 15.0 Å². The lowest BCUT2D eigenvalue weighted by atomic mass is 9.99. The van der Waals surface area contributed by atoms with Gasteiger partial charge in [0, 0.05) is 12.2 Å². The molecule has 0 fully saturated rings. The van der Waals surface area contributed by atoms with Gasteiger partial charge in [0.05, 0.1) is 0 Å². The highest BCUT2D eigenvalue weighted by Gasteiger charge is 2.08. The van der Waals surface area contributed by atoms with Crippen molar-refractivity contribution >= 4 is 5.97 Å². The van der Waals surface area contributed by atoms with Crippen LogP contribution in [0.25, 0.3) is 0 Å². The normalized spacial score (nSPS) is 12.5. The SMILES string of the molecule is CCCCCCC(CCO)=C(C)C(=O)O. The highest BCUT2D eigenvalue weighted by Crippen LogP contribution is 2.17. The van der Waals surface area contributed by atoms with Gasteiger partial charge < -0.3 is 10.2 Å². The van der Waals surface area contributed by atoms with E-state index in [1.807, 2.05) is 0 Å². The summed E-state index contributed by atoms with van der Waals surface area (Å²) < 4.78 is 0. The second-order valence-corrected chi connectivity index (χ2v) is 3.82. The third-order valence-corrected chi connectivity index (χ3v) is 2.60. The van der Waals surface area contributed by atoms with Gasteiger partial charge in [-0.05, 0) is 26.2 Å². The van der Waals surface area contributed by atoms with Crippen molar-refractivity contribution in [2.75, 3.05) is 6.61 Å². The first-order chi connectivity index (χ1) is 7.13. The number of hydrogen-bond acceptors (Lipinski definition) is 2. The number of carbonyl (C=O) groups is 1. The van der Waals surface area contributed by atoms with Crippen LogP contribution < -0.4 is 0 Å². The summed E-state index contributed by atoms with van der Waals surface area (Å²) in [6, 6.07) is 0. The summed E-state index contributed by atoms with van der Waals surface area (Å²) in [5.74, 6) is -0.867. The zero-order valence-electron chi connectivity index (χ0n) is 9.75. The first-order valence-electron chi connectivity index (χ1n) is 5.66. The molecule has 15 heavy (non-hydrogen) atoms. The molecule has 0 aliphatic heterocycles. The highest BCUT2D eigenvalue weighted by atomic mass is 16.4. The maximum atomic E-state index is 10.8. The molecule has 0 spiro atoms. The predicted octanol–water partition coefficient (Wildman–Crippen LogP) is 2.74. The molecule has 0 heterocycles. The van der Waals surface area contributed by atoms with Gasteiger partial charge in [0.25, 0.3) is 0 Å². The lowest BCUT2D eigenvalue weighted by Crippen LogP contribution is -2.03. The van der Waals surface area contributed by atoms with E-state index in [0.717, 1.165) is 24.8 Å². The lowest BCUT2D eigenvalue weighted by Gasteiger charge is -2.08. The Morgan fingerprint density at radius 1 is 1.13 bits per heavy atom. The fourth-order valence-electron chi connectivity index (χ4n) is 1.55. The molecule has 0 saturated heterocycles. The van der Waals surface area contributed by atoms with Crippen LogP contribution in [0.15, 0.2) is 11.1 Å². The first kappa shape index (κ1) is 14.2. The Kier molecular flexibility index (Phi) is 8.01. The number of aliphatic hydroxyl groups excluding tert-OH is 1. The third kappa shape index (κ3) is 6.28. The Hall–Kier alpha value is -0.830. The molecule has 0 amide bonds. The van der Waals surface area contributed by atoms with Crippen LogP contribution in [0, 0.1) is 0 Å². The van der Waals surface area contributed by atoms with Crippen LogP contribution in [-0.2, 0) is 4.79 Å². The van der Waals surface area contributed by atoms with Crippen LogP contribution >= 0.6 is 0 Å². The monoisotopic (exact) mass is 214 g/mol. The Morgan fingerprint density at radius 2 is 1.80 bits per heavy atom. The molecule has 88 valence electrons. The molecule has 0 rings (SSSR count). The summed E-state index contributed by atoms with van der Waals surface area (Å²) in [5, 5.41) is 17.7. The van der Waals surface area contributed by atoms with E-state index in [1.165, 1.54) is 12.8 Å². The molecular weight excluding hydrogens is 192 g/mol. The van der Waals surface area contributed by atoms with Gasteiger partial charge in [-0.3, -0.25) is 0 Å². The van der Waals surface area contributed by atoms with E-state index < -0.39 is 5.97 Å².